The molecule has 0 spiro atoms. The predicted molar refractivity (Wildman–Crippen MR) is 59.2 cm³/mol. The molecule has 0 radical (unpaired) electrons. The zero-order valence-corrected chi connectivity index (χ0v) is 9.69. The molecule has 3 unspecified atom stereocenters. The maximum Gasteiger partial charge on any atom is 0.142 e. The van der Waals surface area contributed by atoms with Crippen molar-refractivity contribution in [2.24, 2.45) is 11.8 Å². The van der Waals surface area contributed by atoms with Gasteiger partial charge < -0.3 is 4.74 Å². The second kappa shape index (κ2) is 7.74. The van der Waals surface area contributed by atoms with Crippen LogP contribution in [0.2, 0.25) is 0 Å². The van der Waals surface area contributed by atoms with Crippen molar-refractivity contribution in [2.75, 3.05) is 7.11 Å². The molecule has 0 aliphatic rings. The monoisotopic (exact) mass is 198 g/mol. The molecule has 0 rings (SSSR count). The molecular formula is C12H22O2. The molecule has 0 aliphatic carbocycles. The lowest BCUT2D eigenvalue weighted by Gasteiger charge is -2.26. The normalized spacial score (nSPS) is 18.0. The van der Waals surface area contributed by atoms with E-state index in [0.29, 0.717) is 11.8 Å². The summed E-state index contributed by atoms with van der Waals surface area (Å²) in [5, 5.41) is 0. The van der Waals surface area contributed by atoms with E-state index in [2.05, 4.69) is 20.8 Å². The van der Waals surface area contributed by atoms with Crippen molar-refractivity contribution in [3.05, 3.63) is 12.2 Å². The summed E-state index contributed by atoms with van der Waals surface area (Å²) in [4.78, 5) is 10.1. The molecule has 0 saturated carbocycles. The molecule has 0 bridgehead atoms. The van der Waals surface area contributed by atoms with Gasteiger partial charge >= 0.3 is 0 Å². The number of methoxy groups -OCH3 is 1. The molecule has 0 heterocycles. The highest BCUT2D eigenvalue weighted by Gasteiger charge is 2.19. The highest BCUT2D eigenvalue weighted by Crippen LogP contribution is 2.22. The van der Waals surface area contributed by atoms with Gasteiger partial charge in [-0.05, 0) is 24.3 Å². The van der Waals surface area contributed by atoms with Gasteiger partial charge in [-0.2, -0.15) is 0 Å². The molecule has 0 N–H and O–H groups in total. The summed E-state index contributed by atoms with van der Waals surface area (Å²) < 4.78 is 5.41. The van der Waals surface area contributed by atoms with Crippen LogP contribution in [-0.2, 0) is 9.53 Å². The van der Waals surface area contributed by atoms with Crippen LogP contribution in [0.3, 0.4) is 0 Å². The Balaban J connectivity index is 4.10. The van der Waals surface area contributed by atoms with Crippen LogP contribution in [0.15, 0.2) is 12.2 Å². The first kappa shape index (κ1) is 13.4. The molecule has 0 fully saturated rings. The number of carbonyl (C=O) groups is 1. The summed E-state index contributed by atoms with van der Waals surface area (Å²) in [5.41, 5.74) is 0. The third-order valence-electron chi connectivity index (χ3n) is 3.01. The van der Waals surface area contributed by atoms with E-state index in [-0.39, 0.29) is 6.10 Å². The zero-order chi connectivity index (χ0) is 11.0. The smallest absolute Gasteiger partial charge is 0.142 e. The Kier molecular flexibility index (Phi) is 7.40. The lowest BCUT2D eigenvalue weighted by Crippen LogP contribution is -2.25. The largest absolute Gasteiger partial charge is 0.381 e. The van der Waals surface area contributed by atoms with Gasteiger partial charge in [0.2, 0.25) is 0 Å². The van der Waals surface area contributed by atoms with Gasteiger partial charge in [0, 0.05) is 7.11 Å². The third-order valence-corrected chi connectivity index (χ3v) is 3.01. The Bertz CT molecular complexity index is 175. The van der Waals surface area contributed by atoms with Gasteiger partial charge in [0.25, 0.3) is 0 Å². The van der Waals surface area contributed by atoms with E-state index in [1.165, 1.54) is 12.5 Å². The van der Waals surface area contributed by atoms with Crippen molar-refractivity contribution in [3.63, 3.8) is 0 Å². The van der Waals surface area contributed by atoms with E-state index in [1.54, 1.807) is 7.11 Å². The second-order valence-corrected chi connectivity index (χ2v) is 3.82. The fourth-order valence-corrected chi connectivity index (χ4v) is 1.53. The van der Waals surface area contributed by atoms with Crippen molar-refractivity contribution in [1.82, 2.24) is 0 Å². The van der Waals surface area contributed by atoms with E-state index >= 15 is 0 Å². The SMILES string of the molecule is CCC(C)C(C)C(CC=CC=O)OC. The topological polar surface area (TPSA) is 26.3 Å². The number of hydrogen-bond donors (Lipinski definition) is 0. The highest BCUT2D eigenvalue weighted by molar-refractivity contribution is 5.64. The van der Waals surface area contributed by atoms with Crippen molar-refractivity contribution in [2.45, 2.75) is 39.7 Å². The minimum atomic E-state index is 0.223. The first-order chi connectivity index (χ1) is 6.67. The molecule has 3 atom stereocenters. The number of allylic oxidation sites excluding steroid dienone is 1. The van der Waals surface area contributed by atoms with E-state index in [0.717, 1.165) is 12.7 Å². The van der Waals surface area contributed by atoms with E-state index in [1.807, 2.05) is 6.08 Å². The van der Waals surface area contributed by atoms with Crippen LogP contribution in [0, 0.1) is 11.8 Å². The third kappa shape index (κ3) is 4.56. The molecule has 0 saturated heterocycles. The van der Waals surface area contributed by atoms with Gasteiger partial charge in [0.1, 0.15) is 6.29 Å². The van der Waals surface area contributed by atoms with Crippen LogP contribution >= 0.6 is 0 Å². The number of hydrogen-bond acceptors (Lipinski definition) is 2. The molecular weight excluding hydrogens is 176 g/mol. The summed E-state index contributed by atoms with van der Waals surface area (Å²) in [6, 6.07) is 0. The van der Waals surface area contributed by atoms with Gasteiger partial charge in [-0.15, -0.1) is 0 Å². The molecule has 0 aromatic carbocycles. The molecule has 2 heteroatoms. The fraction of sp³-hybridized carbons (Fsp3) is 0.750. The Morgan fingerprint density at radius 1 is 1.36 bits per heavy atom. The Hall–Kier alpha value is -0.630. The predicted octanol–water partition coefficient (Wildman–Crippen LogP) is 2.83. The van der Waals surface area contributed by atoms with E-state index in [9.17, 15) is 4.79 Å². The standard InChI is InChI=1S/C12H22O2/c1-5-10(2)11(3)12(14-4)8-6-7-9-13/h6-7,9-12H,5,8H2,1-4H3. The number of aldehydes is 1. The fourth-order valence-electron chi connectivity index (χ4n) is 1.53. The van der Waals surface area contributed by atoms with Gasteiger partial charge in [-0.1, -0.05) is 33.3 Å². The van der Waals surface area contributed by atoms with Crippen molar-refractivity contribution in [3.8, 4) is 0 Å². The average molecular weight is 198 g/mol. The molecule has 82 valence electrons. The molecule has 0 aliphatic heterocycles. The summed E-state index contributed by atoms with van der Waals surface area (Å²) in [6.07, 6.45) is 6.43. The van der Waals surface area contributed by atoms with E-state index < -0.39 is 0 Å². The van der Waals surface area contributed by atoms with Crippen LogP contribution in [0.4, 0.5) is 0 Å². The Morgan fingerprint density at radius 3 is 2.43 bits per heavy atom. The summed E-state index contributed by atoms with van der Waals surface area (Å²) in [5.74, 6) is 1.19. The number of rotatable bonds is 7. The first-order valence-corrected chi connectivity index (χ1v) is 5.30. The summed E-state index contributed by atoms with van der Waals surface area (Å²) in [6.45, 7) is 6.63. The molecule has 14 heavy (non-hydrogen) atoms. The maximum absolute atomic E-state index is 10.1. The molecule has 0 amide bonds. The van der Waals surface area contributed by atoms with Crippen LogP contribution < -0.4 is 0 Å². The van der Waals surface area contributed by atoms with Crippen molar-refractivity contribution in [1.29, 1.82) is 0 Å². The van der Waals surface area contributed by atoms with Crippen LogP contribution in [0.5, 0.6) is 0 Å². The minimum Gasteiger partial charge on any atom is -0.381 e. The quantitative estimate of drug-likeness (QED) is 0.464. The van der Waals surface area contributed by atoms with Gasteiger partial charge in [0.15, 0.2) is 0 Å². The minimum absolute atomic E-state index is 0.223. The van der Waals surface area contributed by atoms with E-state index in [4.69, 9.17) is 4.74 Å². The van der Waals surface area contributed by atoms with Gasteiger partial charge in [-0.25, -0.2) is 0 Å². The Morgan fingerprint density at radius 2 is 2.00 bits per heavy atom. The maximum atomic E-state index is 10.1. The van der Waals surface area contributed by atoms with Crippen molar-refractivity contribution >= 4 is 6.29 Å². The number of carbonyl (C=O) groups excluding carboxylic acids is 1. The van der Waals surface area contributed by atoms with Crippen molar-refractivity contribution < 1.29 is 9.53 Å². The average Bonchev–Trinajstić information content (AvgIpc) is 2.22. The van der Waals surface area contributed by atoms with Gasteiger partial charge in [-0.3, -0.25) is 4.79 Å². The van der Waals surface area contributed by atoms with Crippen LogP contribution in [0.25, 0.3) is 0 Å². The zero-order valence-electron chi connectivity index (χ0n) is 9.69. The Labute approximate surface area is 87.3 Å². The summed E-state index contributed by atoms with van der Waals surface area (Å²) in [7, 11) is 1.73. The lowest BCUT2D eigenvalue weighted by atomic mass is 9.87. The molecule has 0 aromatic heterocycles. The number of ether oxygens (including phenoxy) is 1. The summed E-state index contributed by atoms with van der Waals surface area (Å²) >= 11 is 0. The first-order valence-electron chi connectivity index (χ1n) is 5.30. The molecule has 2 nitrogen and oxygen atoms in total. The highest BCUT2D eigenvalue weighted by atomic mass is 16.5. The van der Waals surface area contributed by atoms with Gasteiger partial charge in [0.05, 0.1) is 6.10 Å². The van der Waals surface area contributed by atoms with Crippen LogP contribution in [0.1, 0.15) is 33.6 Å². The lowest BCUT2D eigenvalue weighted by molar-refractivity contribution is -0.104. The molecule has 0 aromatic rings. The second-order valence-electron chi connectivity index (χ2n) is 3.82. The van der Waals surface area contributed by atoms with Crippen LogP contribution in [-0.4, -0.2) is 19.5 Å².